The number of aryl methyl sites for hydroxylation is 1. The highest BCUT2D eigenvalue weighted by Crippen LogP contribution is 2.33. The topological polar surface area (TPSA) is 174 Å². The molecular formula is C40H49N9O5. The number of carbonyl (C=O) groups excluding carboxylic acids is 5. The van der Waals surface area contributed by atoms with Crippen LogP contribution in [0.3, 0.4) is 0 Å². The van der Waals surface area contributed by atoms with E-state index in [1.807, 2.05) is 13.0 Å². The zero-order chi connectivity index (χ0) is 37.8. The fourth-order valence-corrected chi connectivity index (χ4v) is 8.19. The maximum atomic E-state index is 14.0. The number of unbranched alkanes of at least 4 members (excludes halogenated alkanes) is 2. The van der Waals surface area contributed by atoms with Crippen LogP contribution in [0, 0.1) is 6.92 Å². The van der Waals surface area contributed by atoms with Gasteiger partial charge in [-0.2, -0.15) is 4.98 Å². The summed E-state index contributed by atoms with van der Waals surface area (Å²) in [6.45, 7) is 6.69. The summed E-state index contributed by atoms with van der Waals surface area (Å²) in [5.41, 5.74) is 10.2. The van der Waals surface area contributed by atoms with Crippen molar-refractivity contribution in [3.8, 4) is 0 Å². The molecule has 7 rings (SSSR count). The smallest absolute Gasteiger partial charge is 0.264 e. The quantitative estimate of drug-likeness (QED) is 0.171. The van der Waals surface area contributed by atoms with E-state index in [9.17, 15) is 24.0 Å². The molecular weight excluding hydrogens is 686 g/mol. The summed E-state index contributed by atoms with van der Waals surface area (Å²) in [5, 5.41) is 5.54. The minimum atomic E-state index is -1.01. The number of nitrogens with two attached hydrogens (primary N) is 1. The zero-order valence-electron chi connectivity index (χ0n) is 30.9. The summed E-state index contributed by atoms with van der Waals surface area (Å²) in [6.07, 6.45) is 6.95. The Hall–Kier alpha value is -5.53. The number of nitrogens with one attached hydrogen (secondary N) is 2. The van der Waals surface area contributed by atoms with Crippen LogP contribution < -0.4 is 26.2 Å². The number of imide groups is 2. The van der Waals surface area contributed by atoms with E-state index in [0.29, 0.717) is 25.2 Å². The molecule has 1 atom stereocenters. The van der Waals surface area contributed by atoms with Crippen molar-refractivity contribution in [2.45, 2.75) is 89.8 Å². The van der Waals surface area contributed by atoms with Crippen molar-refractivity contribution in [3.63, 3.8) is 0 Å². The Labute approximate surface area is 315 Å². The van der Waals surface area contributed by atoms with Gasteiger partial charge in [0.15, 0.2) is 0 Å². The second-order valence-electron chi connectivity index (χ2n) is 14.7. The molecule has 14 heteroatoms. The van der Waals surface area contributed by atoms with Crippen LogP contribution in [0.5, 0.6) is 0 Å². The summed E-state index contributed by atoms with van der Waals surface area (Å²) in [7, 11) is 0. The van der Waals surface area contributed by atoms with Gasteiger partial charge in [0.2, 0.25) is 23.7 Å². The van der Waals surface area contributed by atoms with Gasteiger partial charge in [-0.1, -0.05) is 24.6 Å². The number of hydrogen-bond donors (Lipinski definition) is 3. The van der Waals surface area contributed by atoms with Crippen LogP contribution in [0.25, 0.3) is 0 Å². The van der Waals surface area contributed by atoms with Gasteiger partial charge < -0.3 is 25.8 Å². The molecule has 284 valence electrons. The molecule has 54 heavy (non-hydrogen) atoms. The number of rotatable bonds is 13. The molecule has 0 spiro atoms. The number of hydrogen-bond acceptors (Lipinski definition) is 11. The summed E-state index contributed by atoms with van der Waals surface area (Å²) < 4.78 is 0. The Bertz CT molecular complexity index is 1900. The lowest BCUT2D eigenvalue weighted by atomic mass is 10.0. The molecule has 5 amide bonds. The molecule has 2 aromatic carbocycles. The van der Waals surface area contributed by atoms with Crippen molar-refractivity contribution in [1.82, 2.24) is 25.1 Å². The Morgan fingerprint density at radius 3 is 2.44 bits per heavy atom. The molecule has 4 N–H and O–H groups in total. The van der Waals surface area contributed by atoms with Crippen LogP contribution in [0.4, 0.5) is 23.1 Å². The van der Waals surface area contributed by atoms with Gasteiger partial charge in [-0.25, -0.2) is 4.98 Å². The third-order valence-corrected chi connectivity index (χ3v) is 11.0. The lowest BCUT2D eigenvalue weighted by Crippen LogP contribution is -2.54. The van der Waals surface area contributed by atoms with E-state index < -0.39 is 29.7 Å². The molecule has 3 saturated heterocycles. The highest BCUT2D eigenvalue weighted by molar-refractivity contribution is 6.25. The molecule has 0 bridgehead atoms. The van der Waals surface area contributed by atoms with Crippen molar-refractivity contribution in [3.05, 3.63) is 70.9 Å². The molecule has 3 aromatic rings. The summed E-state index contributed by atoms with van der Waals surface area (Å²) >= 11 is 0. The SMILES string of the molecule is Cc1cc(N2CCC(N(Cc3cccc(N4CCCC4)c3)C(=O)CCCCCNc3cccc4c3C(=O)N(C3CCC(=O)NC3=O)C4=O)CC2)nc(N)n1. The van der Waals surface area contributed by atoms with E-state index in [0.717, 1.165) is 80.3 Å². The Balaban J connectivity index is 0.948. The second kappa shape index (κ2) is 16.2. The fraction of sp³-hybridized carbons (Fsp3) is 0.475. The monoisotopic (exact) mass is 735 g/mol. The molecule has 3 fully saturated rings. The molecule has 0 radical (unpaired) electrons. The summed E-state index contributed by atoms with van der Waals surface area (Å²) in [6, 6.07) is 14.7. The van der Waals surface area contributed by atoms with Gasteiger partial charge in [0, 0.05) is 81.3 Å². The second-order valence-corrected chi connectivity index (χ2v) is 14.7. The van der Waals surface area contributed by atoms with Crippen LogP contribution in [-0.2, 0) is 20.9 Å². The van der Waals surface area contributed by atoms with Crippen LogP contribution >= 0.6 is 0 Å². The Morgan fingerprint density at radius 1 is 0.907 bits per heavy atom. The van der Waals surface area contributed by atoms with Gasteiger partial charge in [0.25, 0.3) is 11.8 Å². The minimum absolute atomic E-state index is 0.0696. The lowest BCUT2D eigenvalue weighted by Gasteiger charge is -2.39. The largest absolute Gasteiger partial charge is 0.384 e. The number of nitrogen functional groups attached to an aromatic ring is 1. The van der Waals surface area contributed by atoms with E-state index >= 15 is 0 Å². The lowest BCUT2D eigenvalue weighted by molar-refractivity contribution is -0.136. The highest BCUT2D eigenvalue weighted by atomic mass is 16.2. The molecule has 14 nitrogen and oxygen atoms in total. The molecule has 0 aliphatic carbocycles. The van der Waals surface area contributed by atoms with Gasteiger partial charge in [0.05, 0.1) is 11.1 Å². The average molecular weight is 736 g/mol. The normalized spacial score (nSPS) is 19.0. The number of anilines is 4. The number of nitrogens with zero attached hydrogens (tertiary/aromatic N) is 6. The zero-order valence-corrected chi connectivity index (χ0v) is 30.9. The van der Waals surface area contributed by atoms with E-state index in [-0.39, 0.29) is 41.9 Å². The third-order valence-electron chi connectivity index (χ3n) is 11.0. The first-order valence-corrected chi connectivity index (χ1v) is 19.2. The predicted molar refractivity (Wildman–Crippen MR) is 205 cm³/mol. The standard InChI is InChI=1S/C40H49N9O5/c1-26-23-33(44-40(41)43-26)47-21-16-28(17-22-47)48(25-27-9-7-10-29(24-27)46-19-5-6-20-46)35(51)13-3-2-4-18-42-31-12-8-11-30-36(31)39(54)49(38(30)53)32-14-15-34(50)45-37(32)52/h7-12,23-24,28,32,42H,2-6,13-22,25H2,1H3,(H2,41,43,44)(H,45,50,52). The van der Waals surface area contributed by atoms with Crippen LogP contribution in [0.2, 0.25) is 0 Å². The van der Waals surface area contributed by atoms with E-state index in [4.69, 9.17) is 5.73 Å². The molecule has 4 aliphatic rings. The fourth-order valence-electron chi connectivity index (χ4n) is 8.19. The molecule has 1 aromatic heterocycles. The van der Waals surface area contributed by atoms with E-state index in [2.05, 4.69) is 59.6 Å². The number of aromatic nitrogens is 2. The highest BCUT2D eigenvalue weighted by Gasteiger charge is 2.45. The minimum Gasteiger partial charge on any atom is -0.384 e. The van der Waals surface area contributed by atoms with E-state index in [1.165, 1.54) is 18.5 Å². The number of amides is 5. The van der Waals surface area contributed by atoms with Crippen molar-refractivity contribution < 1.29 is 24.0 Å². The molecule has 4 aliphatic heterocycles. The van der Waals surface area contributed by atoms with Crippen LogP contribution in [0.1, 0.15) is 96.2 Å². The first kappa shape index (κ1) is 36.8. The summed E-state index contributed by atoms with van der Waals surface area (Å²) in [5.74, 6) is -0.865. The average Bonchev–Trinajstić information content (AvgIpc) is 3.79. The van der Waals surface area contributed by atoms with E-state index in [1.54, 1.807) is 18.2 Å². The van der Waals surface area contributed by atoms with Gasteiger partial charge in [0.1, 0.15) is 11.9 Å². The first-order valence-electron chi connectivity index (χ1n) is 19.2. The van der Waals surface area contributed by atoms with Crippen molar-refractivity contribution in [1.29, 1.82) is 0 Å². The van der Waals surface area contributed by atoms with Crippen LogP contribution in [-0.4, -0.2) is 94.1 Å². The first-order chi connectivity index (χ1) is 26.2. The predicted octanol–water partition coefficient (Wildman–Crippen LogP) is 4.04. The Morgan fingerprint density at radius 2 is 1.69 bits per heavy atom. The van der Waals surface area contributed by atoms with Gasteiger partial charge in [-0.05, 0) is 81.7 Å². The molecule has 5 heterocycles. The molecule has 0 saturated carbocycles. The van der Waals surface area contributed by atoms with Crippen molar-refractivity contribution >= 4 is 52.7 Å². The Kier molecular flexibility index (Phi) is 11.1. The molecule has 1 unspecified atom stereocenters. The maximum Gasteiger partial charge on any atom is 0.264 e. The van der Waals surface area contributed by atoms with Crippen molar-refractivity contribution in [2.75, 3.05) is 53.6 Å². The van der Waals surface area contributed by atoms with Gasteiger partial charge >= 0.3 is 0 Å². The summed E-state index contributed by atoms with van der Waals surface area (Å²) in [4.78, 5) is 81.1. The van der Waals surface area contributed by atoms with Crippen molar-refractivity contribution in [2.24, 2.45) is 0 Å². The van der Waals surface area contributed by atoms with Crippen LogP contribution in [0.15, 0.2) is 48.5 Å². The van der Waals surface area contributed by atoms with Gasteiger partial charge in [-0.3, -0.25) is 34.2 Å². The number of piperidine rings is 2. The maximum absolute atomic E-state index is 14.0. The third kappa shape index (κ3) is 8.02. The number of carbonyl (C=O) groups is 5. The number of fused-ring (bicyclic) bond motifs is 1. The number of benzene rings is 2. The van der Waals surface area contributed by atoms with Gasteiger partial charge in [-0.15, -0.1) is 0 Å².